The Balaban J connectivity index is 2.41. The van der Waals surface area contributed by atoms with Gasteiger partial charge >= 0.3 is 0 Å². The highest BCUT2D eigenvalue weighted by atomic mass is 16.4. The van der Waals surface area contributed by atoms with Crippen molar-refractivity contribution in [3.05, 3.63) is 60.2 Å². The zero-order chi connectivity index (χ0) is 12.4. The Morgan fingerprint density at radius 3 is 2.00 bits per heavy atom. The van der Waals surface area contributed by atoms with Crippen LogP contribution in [0.3, 0.4) is 0 Å². The van der Waals surface area contributed by atoms with E-state index in [1.165, 1.54) is 33.3 Å². The van der Waals surface area contributed by atoms with Gasteiger partial charge < -0.3 is 5.21 Å². The molecule has 1 N–H and O–H groups in total. The van der Waals surface area contributed by atoms with Gasteiger partial charge in [0.05, 0.1) is 0 Å². The molecule has 2 heteroatoms. The second-order valence-corrected chi connectivity index (χ2v) is 4.30. The highest BCUT2D eigenvalue weighted by Crippen LogP contribution is 2.28. The third kappa shape index (κ3) is 1.72. The summed E-state index contributed by atoms with van der Waals surface area (Å²) in [5, 5.41) is 16.6. The zero-order valence-electron chi connectivity index (χ0n) is 9.88. The number of nitrogens with zero attached hydrogens (tertiary/aromatic N) is 1. The molecule has 0 aliphatic rings. The lowest BCUT2D eigenvalue weighted by Gasteiger charge is -2.09. The first-order valence-electron chi connectivity index (χ1n) is 5.95. The topological polar surface area (TPSA) is 32.6 Å². The molecule has 3 aromatic carbocycles. The lowest BCUT2D eigenvalue weighted by atomic mass is 9.95. The number of oxime groups is 1. The molecule has 0 aliphatic carbocycles. The van der Waals surface area contributed by atoms with Crippen LogP contribution in [-0.4, -0.2) is 11.4 Å². The normalized spacial score (nSPS) is 11.6. The van der Waals surface area contributed by atoms with Crippen LogP contribution in [0, 0.1) is 0 Å². The van der Waals surface area contributed by atoms with Crippen molar-refractivity contribution in [2.75, 3.05) is 0 Å². The number of hydrogen-bond acceptors (Lipinski definition) is 2. The molecule has 88 valence electrons. The Hall–Kier alpha value is -2.35. The van der Waals surface area contributed by atoms with Crippen molar-refractivity contribution < 1.29 is 5.21 Å². The van der Waals surface area contributed by atoms with Gasteiger partial charge in [-0.25, -0.2) is 0 Å². The van der Waals surface area contributed by atoms with Crippen LogP contribution >= 0.6 is 0 Å². The zero-order valence-corrected chi connectivity index (χ0v) is 9.88. The summed E-state index contributed by atoms with van der Waals surface area (Å²) in [6.45, 7) is 0. The van der Waals surface area contributed by atoms with E-state index in [1.807, 2.05) is 24.3 Å². The highest BCUT2D eigenvalue weighted by molar-refractivity contribution is 6.03. The predicted molar refractivity (Wildman–Crippen MR) is 75.4 cm³/mol. The number of benzene rings is 3. The Bertz CT molecular complexity index is 677. The maximum atomic E-state index is 8.64. The van der Waals surface area contributed by atoms with Gasteiger partial charge in [-0.15, -0.1) is 5.16 Å². The summed E-state index contributed by atoms with van der Waals surface area (Å²) < 4.78 is 0. The van der Waals surface area contributed by atoms with Crippen molar-refractivity contribution in [2.45, 2.75) is 6.42 Å². The molecular formula is C16H13NO. The minimum atomic E-state index is 0.637. The Morgan fingerprint density at radius 1 is 0.889 bits per heavy atom. The monoisotopic (exact) mass is 235 g/mol. The molecule has 0 amide bonds. The molecule has 0 saturated carbocycles. The third-order valence-corrected chi connectivity index (χ3v) is 3.26. The van der Waals surface area contributed by atoms with Gasteiger partial charge in [-0.2, -0.15) is 0 Å². The molecule has 0 saturated heterocycles. The molecule has 0 aliphatic heterocycles. The van der Waals surface area contributed by atoms with Crippen LogP contribution in [0.1, 0.15) is 5.56 Å². The molecule has 0 fully saturated rings. The van der Waals surface area contributed by atoms with Crippen LogP contribution in [0.15, 0.2) is 59.8 Å². The number of rotatable bonds is 2. The van der Waals surface area contributed by atoms with Crippen molar-refractivity contribution in [3.8, 4) is 0 Å². The van der Waals surface area contributed by atoms with Gasteiger partial charge in [0.2, 0.25) is 0 Å². The molecule has 18 heavy (non-hydrogen) atoms. The van der Waals surface area contributed by atoms with Crippen molar-refractivity contribution in [2.24, 2.45) is 5.16 Å². The van der Waals surface area contributed by atoms with E-state index in [9.17, 15) is 0 Å². The van der Waals surface area contributed by atoms with E-state index >= 15 is 0 Å². The molecule has 0 heterocycles. The molecule has 0 spiro atoms. The number of hydrogen-bond donors (Lipinski definition) is 1. The van der Waals surface area contributed by atoms with Crippen LogP contribution in [0.25, 0.3) is 21.5 Å². The summed E-state index contributed by atoms with van der Waals surface area (Å²) in [6.07, 6.45) is 2.17. The fourth-order valence-corrected chi connectivity index (χ4v) is 2.46. The minimum absolute atomic E-state index is 0.637. The van der Waals surface area contributed by atoms with Gasteiger partial charge in [-0.05, 0) is 33.2 Å². The Kier molecular flexibility index (Phi) is 2.69. The first kappa shape index (κ1) is 10.8. The van der Waals surface area contributed by atoms with Crippen molar-refractivity contribution in [1.82, 2.24) is 0 Å². The van der Waals surface area contributed by atoms with Crippen LogP contribution in [0.5, 0.6) is 0 Å². The number of fused-ring (bicyclic) bond motifs is 2. The maximum absolute atomic E-state index is 8.64. The largest absolute Gasteiger partial charge is 0.411 e. The fraction of sp³-hybridized carbons (Fsp3) is 0.0625. The summed E-state index contributed by atoms with van der Waals surface area (Å²) in [5.41, 5.74) is 1.21. The molecular weight excluding hydrogens is 222 g/mol. The summed E-state index contributed by atoms with van der Waals surface area (Å²) in [6, 6.07) is 18.8. The molecule has 2 nitrogen and oxygen atoms in total. The van der Waals surface area contributed by atoms with Gasteiger partial charge in [0.15, 0.2) is 0 Å². The second-order valence-electron chi connectivity index (χ2n) is 4.30. The first-order chi connectivity index (χ1) is 8.90. The molecule has 3 rings (SSSR count). The smallest absolute Gasteiger partial charge is 0.0480 e. The average molecular weight is 235 g/mol. The first-order valence-corrected chi connectivity index (χ1v) is 5.95. The third-order valence-electron chi connectivity index (χ3n) is 3.26. The second kappa shape index (κ2) is 4.49. The van der Waals surface area contributed by atoms with Crippen LogP contribution < -0.4 is 0 Å². The quantitative estimate of drug-likeness (QED) is 0.310. The summed E-state index contributed by atoms with van der Waals surface area (Å²) in [7, 11) is 0. The Labute approximate surface area is 105 Å². The molecule has 0 atom stereocenters. The minimum Gasteiger partial charge on any atom is -0.411 e. The molecule has 3 aromatic rings. The lowest BCUT2D eigenvalue weighted by molar-refractivity contribution is 0.321. The molecule has 0 unspecified atom stereocenters. The van der Waals surface area contributed by atoms with E-state index < -0.39 is 0 Å². The maximum Gasteiger partial charge on any atom is 0.0480 e. The predicted octanol–water partition coefficient (Wildman–Crippen LogP) is 4.00. The average Bonchev–Trinajstić information content (AvgIpc) is 2.43. The van der Waals surface area contributed by atoms with E-state index in [0.717, 1.165) is 0 Å². The van der Waals surface area contributed by atoms with Crippen LogP contribution in [0.2, 0.25) is 0 Å². The lowest BCUT2D eigenvalue weighted by Crippen LogP contribution is -1.91. The van der Waals surface area contributed by atoms with Gasteiger partial charge in [0.1, 0.15) is 0 Å². The molecule has 0 radical (unpaired) electrons. The standard InChI is InChI=1S/C16H13NO/c18-17-10-9-16-14-7-3-1-5-12(14)11-13-6-2-4-8-15(13)16/h1-8,10-11,18H,9H2/b17-10+. The van der Waals surface area contributed by atoms with Crippen molar-refractivity contribution in [3.63, 3.8) is 0 Å². The van der Waals surface area contributed by atoms with Gasteiger partial charge in [-0.3, -0.25) is 0 Å². The SMILES string of the molecule is O/N=C/Cc1c2ccccc2cc2ccccc12. The highest BCUT2D eigenvalue weighted by Gasteiger charge is 2.05. The fourth-order valence-electron chi connectivity index (χ4n) is 2.46. The van der Waals surface area contributed by atoms with Crippen LogP contribution in [0.4, 0.5) is 0 Å². The van der Waals surface area contributed by atoms with Crippen molar-refractivity contribution >= 4 is 27.8 Å². The van der Waals surface area contributed by atoms with Gasteiger partial charge in [0, 0.05) is 12.6 Å². The van der Waals surface area contributed by atoms with Gasteiger partial charge in [-0.1, -0.05) is 48.5 Å². The Morgan fingerprint density at radius 2 is 1.44 bits per heavy atom. The molecule has 0 aromatic heterocycles. The summed E-state index contributed by atoms with van der Waals surface area (Å²) >= 11 is 0. The van der Waals surface area contributed by atoms with Crippen molar-refractivity contribution in [1.29, 1.82) is 0 Å². The van der Waals surface area contributed by atoms with E-state index in [0.29, 0.717) is 6.42 Å². The van der Waals surface area contributed by atoms with E-state index in [1.54, 1.807) is 0 Å². The summed E-state index contributed by atoms with van der Waals surface area (Å²) in [4.78, 5) is 0. The van der Waals surface area contributed by atoms with Crippen LogP contribution in [-0.2, 0) is 6.42 Å². The van der Waals surface area contributed by atoms with E-state index in [4.69, 9.17) is 5.21 Å². The van der Waals surface area contributed by atoms with E-state index in [2.05, 4.69) is 35.5 Å². The van der Waals surface area contributed by atoms with E-state index in [-0.39, 0.29) is 0 Å². The summed E-state index contributed by atoms with van der Waals surface area (Å²) in [5.74, 6) is 0. The molecule has 0 bridgehead atoms. The van der Waals surface area contributed by atoms with Gasteiger partial charge in [0.25, 0.3) is 0 Å².